The molecule has 8 heteroatoms. The van der Waals surface area contributed by atoms with Crippen molar-refractivity contribution in [3.63, 3.8) is 0 Å². The molecule has 0 aromatic carbocycles. The van der Waals surface area contributed by atoms with E-state index >= 15 is 0 Å². The molecule has 0 bridgehead atoms. The number of hydrogen-bond acceptors (Lipinski definition) is 6. The van der Waals surface area contributed by atoms with Crippen LogP contribution in [-0.4, -0.2) is 68.3 Å². The maximum absolute atomic E-state index is 14.7. The van der Waals surface area contributed by atoms with Crippen LogP contribution in [0.1, 0.15) is 127 Å². The molecule has 3 fully saturated rings. The van der Waals surface area contributed by atoms with Gasteiger partial charge in [-0.2, -0.15) is 0 Å². The van der Waals surface area contributed by atoms with Crippen LogP contribution in [0.5, 0.6) is 0 Å². The zero-order chi connectivity index (χ0) is 38.2. The topological polar surface area (TPSA) is 63.2 Å². The molecule has 0 aliphatic heterocycles. The fourth-order valence-electron chi connectivity index (χ4n) is 10.3. The second-order valence-corrected chi connectivity index (χ2v) is 30.6. The van der Waals surface area contributed by atoms with Crippen LogP contribution < -0.4 is 0 Å². The second kappa shape index (κ2) is 16.4. The van der Waals surface area contributed by atoms with Crippen molar-refractivity contribution in [1.82, 2.24) is 0 Å². The predicted molar refractivity (Wildman–Crippen MR) is 216 cm³/mol. The van der Waals surface area contributed by atoms with Crippen LogP contribution in [0.25, 0.3) is 0 Å². The molecule has 0 aromatic rings. The number of rotatable bonds is 16. The van der Waals surface area contributed by atoms with E-state index < -0.39 is 22.7 Å². The van der Waals surface area contributed by atoms with Crippen LogP contribution >= 0.6 is 0 Å². The summed E-state index contributed by atoms with van der Waals surface area (Å²) in [7, 11) is -1.90. The Morgan fingerprint density at radius 1 is 0.922 bits per heavy atom. The summed E-state index contributed by atoms with van der Waals surface area (Å²) in [4.78, 5) is 14.7. The van der Waals surface area contributed by atoms with Crippen molar-refractivity contribution in [1.29, 1.82) is 0 Å². The van der Waals surface area contributed by atoms with Crippen molar-refractivity contribution >= 4 is 22.4 Å². The van der Waals surface area contributed by atoms with Gasteiger partial charge >= 0.3 is 0 Å². The second-order valence-electron chi connectivity index (χ2n) is 21.0. The minimum Gasteiger partial charge on any atom is -0.417 e. The average Bonchev–Trinajstić information content (AvgIpc) is 3.24. The van der Waals surface area contributed by atoms with E-state index in [1.165, 1.54) is 12.8 Å². The SMILES string of the molecule is COCCOCO[C@H]1C(=O)[C@H]([C@H](C)CCC[C@@H](C)CO[Si](C)(C)C(C)(C)C)[C@@]2(C)CC[C@H]3[C@@H](CC=C4C[C@@H](O[Si](C)(C)C(C)(C)C)CC[C@@]43C)[C@H]12. The van der Waals surface area contributed by atoms with E-state index in [4.69, 9.17) is 23.1 Å². The number of methoxy groups -OCH3 is 1. The summed E-state index contributed by atoms with van der Waals surface area (Å²) in [5.74, 6) is 2.46. The van der Waals surface area contributed by atoms with Crippen LogP contribution in [0, 0.1) is 46.3 Å². The summed E-state index contributed by atoms with van der Waals surface area (Å²) < 4.78 is 31.2. The van der Waals surface area contributed by atoms with Crippen LogP contribution in [0.3, 0.4) is 0 Å². The highest BCUT2D eigenvalue weighted by Gasteiger charge is 2.66. The largest absolute Gasteiger partial charge is 0.417 e. The first-order valence-electron chi connectivity index (χ1n) is 20.7. The van der Waals surface area contributed by atoms with E-state index in [9.17, 15) is 4.79 Å². The van der Waals surface area contributed by atoms with Crippen molar-refractivity contribution in [3.05, 3.63) is 11.6 Å². The number of hydrogen-bond donors (Lipinski definition) is 0. The first-order valence-corrected chi connectivity index (χ1v) is 26.5. The molecule has 296 valence electrons. The summed E-state index contributed by atoms with van der Waals surface area (Å²) in [5.41, 5.74) is 1.74. The molecule has 4 rings (SSSR count). The van der Waals surface area contributed by atoms with Crippen molar-refractivity contribution in [2.24, 2.45) is 46.3 Å². The Balaban J connectivity index is 1.50. The van der Waals surface area contributed by atoms with Crippen molar-refractivity contribution < 1.29 is 27.9 Å². The third kappa shape index (κ3) is 9.20. The minimum absolute atomic E-state index is 0.0260. The number of allylic oxidation sites excluding steroid dienone is 1. The highest BCUT2D eigenvalue weighted by molar-refractivity contribution is 6.74. The smallest absolute Gasteiger partial charge is 0.192 e. The first kappa shape index (κ1) is 43.4. The highest BCUT2D eigenvalue weighted by atomic mass is 28.4. The van der Waals surface area contributed by atoms with Gasteiger partial charge in [0.25, 0.3) is 0 Å². The fraction of sp³-hybridized carbons (Fsp3) is 0.930. The summed E-state index contributed by atoms with van der Waals surface area (Å²) in [6.45, 7) is 35.2. The van der Waals surface area contributed by atoms with Crippen LogP contribution in [0.2, 0.25) is 36.3 Å². The Morgan fingerprint density at radius 2 is 1.59 bits per heavy atom. The van der Waals surface area contributed by atoms with Crippen LogP contribution in [-0.2, 0) is 27.9 Å². The Bertz CT molecular complexity index is 1200. The summed E-state index contributed by atoms with van der Waals surface area (Å²) in [6, 6.07) is 0. The molecule has 0 radical (unpaired) electrons. The maximum atomic E-state index is 14.7. The van der Waals surface area contributed by atoms with Crippen molar-refractivity contribution in [3.8, 4) is 0 Å². The van der Waals surface area contributed by atoms with Gasteiger partial charge in [-0.15, -0.1) is 0 Å². The van der Waals surface area contributed by atoms with Gasteiger partial charge in [0.1, 0.15) is 12.9 Å². The normalized spacial score (nSPS) is 34.4. The lowest BCUT2D eigenvalue weighted by Crippen LogP contribution is -2.53. The van der Waals surface area contributed by atoms with Crippen molar-refractivity contribution in [2.45, 2.75) is 175 Å². The average molecular weight is 749 g/mol. The van der Waals surface area contributed by atoms with Crippen LogP contribution in [0.15, 0.2) is 11.6 Å². The Kier molecular flexibility index (Phi) is 13.9. The number of ketones is 1. The van der Waals surface area contributed by atoms with E-state index in [0.717, 1.165) is 51.6 Å². The molecule has 3 saturated carbocycles. The molecule has 10 atom stereocenters. The summed E-state index contributed by atoms with van der Waals surface area (Å²) >= 11 is 0. The zero-order valence-corrected chi connectivity index (χ0v) is 37.8. The van der Waals surface area contributed by atoms with Gasteiger partial charge in [0.05, 0.1) is 13.2 Å². The van der Waals surface area contributed by atoms with Gasteiger partial charge in [-0.05, 0) is 122 Å². The summed E-state index contributed by atoms with van der Waals surface area (Å²) in [6.07, 6.45) is 12.6. The lowest BCUT2D eigenvalue weighted by molar-refractivity contribution is -0.155. The van der Waals surface area contributed by atoms with Gasteiger partial charge in [0.2, 0.25) is 0 Å². The van der Waals surface area contributed by atoms with E-state index in [0.29, 0.717) is 48.8 Å². The number of Topliss-reactive ketones (excluding diaryl/α,β-unsaturated/α-hetero) is 1. The molecular weight excluding hydrogens is 669 g/mol. The standard InChI is InChI=1S/C43H80O6Si2/c1-30(28-48-50(12,13)40(3,4)5)17-16-18-31(2)36-38(44)39(47-29-46-26-25-45-11)37-34-20-19-32-27-33(49-51(14,15)41(6,7)8)21-23-42(32,9)35(34)22-24-43(36,37)10/h19,30-31,33-37,39H,16-18,20-29H2,1-15H3/t30-,31-,33+,34-,35+,36+,37-,39-,42+,43-/m1/s1. The molecule has 0 spiro atoms. The molecule has 0 unspecified atom stereocenters. The number of carbonyl (C=O) groups is 1. The third-order valence-corrected chi connectivity index (χ3v) is 24.5. The number of fused-ring (bicyclic) bond motifs is 5. The minimum atomic E-state index is -1.83. The molecule has 0 heterocycles. The van der Waals surface area contributed by atoms with Gasteiger partial charge in [0, 0.05) is 31.7 Å². The fourth-order valence-corrected chi connectivity index (χ4v) is 12.8. The van der Waals surface area contributed by atoms with Gasteiger partial charge in [-0.3, -0.25) is 4.79 Å². The Hall–Kier alpha value is -0.356. The van der Waals surface area contributed by atoms with E-state index in [1.807, 2.05) is 0 Å². The molecule has 0 aromatic heterocycles. The lowest BCUT2D eigenvalue weighted by Gasteiger charge is -2.59. The monoisotopic (exact) mass is 749 g/mol. The summed E-state index contributed by atoms with van der Waals surface area (Å²) in [5, 5.41) is 0.448. The first-order chi connectivity index (χ1) is 23.5. The molecule has 4 aliphatic rings. The number of ether oxygens (including phenoxy) is 3. The van der Waals surface area contributed by atoms with E-state index in [2.05, 4.69) is 102 Å². The Morgan fingerprint density at radius 3 is 2.22 bits per heavy atom. The number of carbonyl (C=O) groups excluding carboxylic acids is 1. The van der Waals surface area contributed by atoms with E-state index in [1.54, 1.807) is 12.7 Å². The molecular formula is C43H80O6Si2. The molecule has 4 aliphatic carbocycles. The van der Waals surface area contributed by atoms with Gasteiger partial charge in [0.15, 0.2) is 22.4 Å². The molecule has 0 N–H and O–H groups in total. The zero-order valence-electron chi connectivity index (χ0n) is 35.8. The van der Waals surface area contributed by atoms with Gasteiger partial charge in [-0.25, -0.2) is 0 Å². The molecule has 51 heavy (non-hydrogen) atoms. The third-order valence-electron chi connectivity index (χ3n) is 15.5. The lowest BCUT2D eigenvalue weighted by atomic mass is 9.46. The predicted octanol–water partition coefficient (Wildman–Crippen LogP) is 11.2. The molecule has 0 amide bonds. The van der Waals surface area contributed by atoms with Gasteiger partial charge < -0.3 is 23.1 Å². The molecule has 6 nitrogen and oxygen atoms in total. The Labute approximate surface area is 316 Å². The van der Waals surface area contributed by atoms with Crippen molar-refractivity contribution in [2.75, 3.05) is 33.7 Å². The quantitative estimate of drug-likeness (QED) is 0.0678. The van der Waals surface area contributed by atoms with E-state index in [-0.39, 0.29) is 39.5 Å². The van der Waals surface area contributed by atoms with Crippen LogP contribution in [0.4, 0.5) is 0 Å². The van der Waals surface area contributed by atoms with Gasteiger partial charge in [-0.1, -0.05) is 87.3 Å². The maximum Gasteiger partial charge on any atom is 0.192 e. The molecule has 0 saturated heterocycles. The highest BCUT2D eigenvalue weighted by Crippen LogP contribution is 2.67.